The van der Waals surface area contributed by atoms with Crippen molar-refractivity contribution in [1.29, 1.82) is 0 Å². The summed E-state index contributed by atoms with van der Waals surface area (Å²) in [6, 6.07) is 5.22. The molecular weight excluding hydrogens is 240 g/mol. The molecule has 0 fully saturated rings. The Balaban J connectivity index is 2.84. The Morgan fingerprint density at radius 1 is 1.00 bits per heavy atom. The van der Waals surface area contributed by atoms with Crippen molar-refractivity contribution < 1.29 is 9.59 Å². The van der Waals surface area contributed by atoms with E-state index in [0.717, 1.165) is 18.4 Å². The van der Waals surface area contributed by atoms with E-state index in [1.165, 1.54) is 0 Å². The lowest BCUT2D eigenvalue weighted by molar-refractivity contribution is 0.0953. The minimum Gasteiger partial charge on any atom is -0.352 e. The van der Waals surface area contributed by atoms with E-state index in [4.69, 9.17) is 0 Å². The van der Waals surface area contributed by atoms with Crippen LogP contribution >= 0.6 is 0 Å². The van der Waals surface area contributed by atoms with Crippen molar-refractivity contribution in [3.63, 3.8) is 0 Å². The van der Waals surface area contributed by atoms with Crippen LogP contribution in [-0.4, -0.2) is 24.9 Å². The summed E-state index contributed by atoms with van der Waals surface area (Å²) in [4.78, 5) is 23.8. The number of unbranched alkanes of at least 4 members (excludes halogenated alkanes) is 1. The van der Waals surface area contributed by atoms with Gasteiger partial charge in [0, 0.05) is 24.2 Å². The molecule has 2 amide bonds. The van der Waals surface area contributed by atoms with E-state index in [0.29, 0.717) is 24.2 Å². The number of amides is 2. The molecule has 4 nitrogen and oxygen atoms in total. The van der Waals surface area contributed by atoms with E-state index in [1.54, 1.807) is 18.2 Å². The first-order chi connectivity index (χ1) is 9.08. The van der Waals surface area contributed by atoms with Gasteiger partial charge in [0.1, 0.15) is 0 Å². The van der Waals surface area contributed by atoms with Crippen molar-refractivity contribution in [3.05, 3.63) is 34.9 Å². The summed E-state index contributed by atoms with van der Waals surface area (Å²) >= 11 is 0. The zero-order chi connectivity index (χ0) is 14.3. The summed E-state index contributed by atoms with van der Waals surface area (Å²) in [6.45, 7) is 7.06. The van der Waals surface area contributed by atoms with E-state index in [9.17, 15) is 9.59 Å². The molecule has 0 bridgehead atoms. The van der Waals surface area contributed by atoms with Gasteiger partial charge in [-0.2, -0.15) is 0 Å². The third-order valence-corrected chi connectivity index (χ3v) is 2.75. The molecule has 1 rings (SSSR count). The normalized spacial score (nSPS) is 10.1. The van der Waals surface area contributed by atoms with Crippen LogP contribution in [0.1, 0.15) is 53.0 Å². The molecule has 0 spiro atoms. The molecule has 0 atom stereocenters. The van der Waals surface area contributed by atoms with Gasteiger partial charge in [-0.25, -0.2) is 0 Å². The number of hydrogen-bond acceptors (Lipinski definition) is 2. The maximum absolute atomic E-state index is 12.0. The highest BCUT2D eigenvalue weighted by molar-refractivity contribution is 6.00. The summed E-state index contributed by atoms with van der Waals surface area (Å²) in [5, 5.41) is 5.59. The fourth-order valence-electron chi connectivity index (χ4n) is 1.79. The molecule has 1 aromatic carbocycles. The van der Waals surface area contributed by atoms with E-state index < -0.39 is 0 Å². The van der Waals surface area contributed by atoms with Gasteiger partial charge in [-0.1, -0.05) is 13.3 Å². The number of nitrogens with one attached hydrogen (secondary N) is 2. The molecule has 0 aliphatic carbocycles. The number of carbonyl (C=O) groups is 2. The van der Waals surface area contributed by atoms with Crippen LogP contribution in [0, 0.1) is 6.92 Å². The van der Waals surface area contributed by atoms with Crippen LogP contribution < -0.4 is 10.6 Å². The molecule has 0 aromatic heterocycles. The third kappa shape index (κ3) is 4.73. The number of carbonyl (C=O) groups excluding carboxylic acids is 2. The Morgan fingerprint density at radius 3 is 2.11 bits per heavy atom. The maximum atomic E-state index is 12.0. The average Bonchev–Trinajstić information content (AvgIpc) is 2.38. The van der Waals surface area contributed by atoms with Crippen molar-refractivity contribution in [3.8, 4) is 0 Å². The topological polar surface area (TPSA) is 58.2 Å². The van der Waals surface area contributed by atoms with Gasteiger partial charge in [0.25, 0.3) is 11.8 Å². The molecule has 2 N–H and O–H groups in total. The summed E-state index contributed by atoms with van der Waals surface area (Å²) in [6.07, 6.45) is 2.00. The summed E-state index contributed by atoms with van der Waals surface area (Å²) < 4.78 is 0. The van der Waals surface area contributed by atoms with Crippen molar-refractivity contribution in [1.82, 2.24) is 10.6 Å². The van der Waals surface area contributed by atoms with E-state index in [-0.39, 0.29) is 11.8 Å². The first kappa shape index (κ1) is 15.2. The molecule has 19 heavy (non-hydrogen) atoms. The first-order valence-electron chi connectivity index (χ1n) is 6.76. The molecule has 104 valence electrons. The van der Waals surface area contributed by atoms with Crippen LogP contribution in [0.3, 0.4) is 0 Å². The molecule has 0 heterocycles. The third-order valence-electron chi connectivity index (χ3n) is 2.75. The van der Waals surface area contributed by atoms with Gasteiger partial charge < -0.3 is 10.6 Å². The lowest BCUT2D eigenvalue weighted by atomic mass is 10.1. The number of benzene rings is 1. The van der Waals surface area contributed by atoms with Gasteiger partial charge in [-0.15, -0.1) is 0 Å². The van der Waals surface area contributed by atoms with Crippen LogP contribution in [0.15, 0.2) is 18.2 Å². The van der Waals surface area contributed by atoms with Crippen LogP contribution in [0.2, 0.25) is 0 Å². The van der Waals surface area contributed by atoms with Gasteiger partial charge in [0.15, 0.2) is 0 Å². The van der Waals surface area contributed by atoms with Gasteiger partial charge in [0.2, 0.25) is 0 Å². The minimum atomic E-state index is -0.145. The molecule has 0 radical (unpaired) electrons. The summed E-state index contributed by atoms with van der Waals surface area (Å²) in [7, 11) is 0. The highest BCUT2D eigenvalue weighted by Gasteiger charge is 2.11. The molecule has 0 unspecified atom stereocenters. The number of rotatable bonds is 6. The van der Waals surface area contributed by atoms with Crippen molar-refractivity contribution in [2.45, 2.75) is 33.6 Å². The molecular formula is C15H22N2O2. The lowest BCUT2D eigenvalue weighted by Crippen LogP contribution is -2.26. The predicted octanol–water partition coefficient (Wildman–Crippen LogP) is 2.27. The molecule has 4 heteroatoms. The first-order valence-corrected chi connectivity index (χ1v) is 6.76. The smallest absolute Gasteiger partial charge is 0.251 e. The largest absolute Gasteiger partial charge is 0.352 e. The van der Waals surface area contributed by atoms with Crippen LogP contribution in [0.25, 0.3) is 0 Å². The van der Waals surface area contributed by atoms with Crippen molar-refractivity contribution in [2.75, 3.05) is 13.1 Å². The fraction of sp³-hybridized carbons (Fsp3) is 0.467. The Bertz CT molecular complexity index is 455. The Morgan fingerprint density at radius 2 is 1.58 bits per heavy atom. The summed E-state index contributed by atoms with van der Waals surface area (Å²) in [5.41, 5.74) is 1.98. The fourth-order valence-corrected chi connectivity index (χ4v) is 1.79. The highest BCUT2D eigenvalue weighted by Crippen LogP contribution is 2.10. The van der Waals surface area contributed by atoms with Crippen molar-refractivity contribution >= 4 is 11.8 Å². The van der Waals surface area contributed by atoms with Gasteiger partial charge in [-0.3, -0.25) is 9.59 Å². The molecule has 1 aromatic rings. The van der Waals surface area contributed by atoms with E-state index >= 15 is 0 Å². The predicted molar refractivity (Wildman–Crippen MR) is 76.4 cm³/mol. The monoisotopic (exact) mass is 262 g/mol. The van der Waals surface area contributed by atoms with Crippen LogP contribution in [0.4, 0.5) is 0 Å². The lowest BCUT2D eigenvalue weighted by Gasteiger charge is -2.08. The summed E-state index contributed by atoms with van der Waals surface area (Å²) in [5.74, 6) is -0.267. The molecule has 0 aliphatic heterocycles. The zero-order valence-electron chi connectivity index (χ0n) is 11.9. The Hall–Kier alpha value is -1.84. The van der Waals surface area contributed by atoms with E-state index in [2.05, 4.69) is 17.6 Å². The highest BCUT2D eigenvalue weighted by atomic mass is 16.2. The Kier molecular flexibility index (Phi) is 6.06. The molecule has 0 aliphatic rings. The standard InChI is InChI=1S/C15H22N2O2/c1-4-6-7-17-15(19)13-9-11(3)8-12(10-13)14(18)16-5-2/h8-10H,4-7H2,1-3H3,(H,16,18)(H,17,19). The second-order valence-electron chi connectivity index (χ2n) is 4.56. The van der Waals surface area contributed by atoms with Crippen LogP contribution in [0.5, 0.6) is 0 Å². The molecule has 0 saturated heterocycles. The van der Waals surface area contributed by atoms with Gasteiger partial charge >= 0.3 is 0 Å². The van der Waals surface area contributed by atoms with Gasteiger partial charge in [0.05, 0.1) is 0 Å². The molecule has 0 saturated carbocycles. The zero-order valence-corrected chi connectivity index (χ0v) is 11.9. The van der Waals surface area contributed by atoms with E-state index in [1.807, 2.05) is 13.8 Å². The Labute approximate surface area is 114 Å². The van der Waals surface area contributed by atoms with Gasteiger partial charge in [-0.05, 0) is 44.0 Å². The number of hydrogen-bond donors (Lipinski definition) is 2. The number of aryl methyl sites for hydroxylation is 1. The SMILES string of the molecule is CCCCNC(=O)c1cc(C)cc(C(=O)NCC)c1. The maximum Gasteiger partial charge on any atom is 0.251 e. The van der Waals surface area contributed by atoms with Crippen molar-refractivity contribution in [2.24, 2.45) is 0 Å². The second-order valence-corrected chi connectivity index (χ2v) is 4.56. The average molecular weight is 262 g/mol. The second kappa shape index (κ2) is 7.56. The minimum absolute atomic E-state index is 0.123. The van der Waals surface area contributed by atoms with Crippen LogP contribution in [-0.2, 0) is 0 Å². The quantitative estimate of drug-likeness (QED) is 0.773.